The number of aromatic nitrogens is 2. The van der Waals surface area contributed by atoms with E-state index in [4.69, 9.17) is 5.11 Å². The van der Waals surface area contributed by atoms with Crippen LogP contribution < -0.4 is 5.32 Å². The smallest absolute Gasteiger partial charge is 0.205 e. The summed E-state index contributed by atoms with van der Waals surface area (Å²) in [6.07, 6.45) is 2.06. The minimum Gasteiger partial charge on any atom is -0.394 e. The molecule has 0 atom stereocenters. The van der Waals surface area contributed by atoms with Crippen LogP contribution in [0.5, 0.6) is 0 Å². The fraction of sp³-hybridized carbons (Fsp3) is 0.667. The highest BCUT2D eigenvalue weighted by Crippen LogP contribution is 2.38. The Bertz CT molecular complexity index is 232. The predicted molar refractivity (Wildman–Crippen MR) is 42.6 cm³/mol. The van der Waals surface area contributed by atoms with Crippen molar-refractivity contribution in [1.82, 2.24) is 10.2 Å². The first-order chi connectivity index (χ1) is 5.35. The summed E-state index contributed by atoms with van der Waals surface area (Å²) in [5.74, 6) is 0. The normalized spacial score (nSPS) is 19.7. The molecule has 0 saturated heterocycles. The van der Waals surface area contributed by atoms with Gasteiger partial charge in [0.25, 0.3) is 0 Å². The maximum Gasteiger partial charge on any atom is 0.205 e. The third kappa shape index (κ3) is 1.34. The highest BCUT2D eigenvalue weighted by molar-refractivity contribution is 7.13. The van der Waals surface area contributed by atoms with Crippen LogP contribution in [-0.2, 0) is 0 Å². The van der Waals surface area contributed by atoms with Crippen molar-refractivity contribution in [2.24, 2.45) is 0 Å². The van der Waals surface area contributed by atoms with Crippen LogP contribution >= 0.6 is 11.3 Å². The Morgan fingerprint density at radius 3 is 3.00 bits per heavy atom. The molecule has 1 aliphatic rings. The van der Waals surface area contributed by atoms with Gasteiger partial charge in [0.1, 0.15) is 5.51 Å². The van der Waals surface area contributed by atoms with Crippen LogP contribution in [0.15, 0.2) is 5.51 Å². The molecule has 0 radical (unpaired) electrons. The Morgan fingerprint density at radius 2 is 2.55 bits per heavy atom. The molecule has 0 amide bonds. The molecule has 0 bridgehead atoms. The lowest BCUT2D eigenvalue weighted by molar-refractivity contribution is 0.266. The number of aliphatic hydroxyl groups is 1. The largest absolute Gasteiger partial charge is 0.394 e. The van der Waals surface area contributed by atoms with Gasteiger partial charge in [-0.25, -0.2) is 0 Å². The lowest BCUT2D eigenvalue weighted by atomic mass is 10.3. The molecule has 2 N–H and O–H groups in total. The van der Waals surface area contributed by atoms with Gasteiger partial charge in [0.15, 0.2) is 0 Å². The van der Waals surface area contributed by atoms with Gasteiger partial charge in [-0.05, 0) is 12.8 Å². The number of hydrogen-bond acceptors (Lipinski definition) is 5. The quantitative estimate of drug-likeness (QED) is 0.694. The van der Waals surface area contributed by atoms with Crippen molar-refractivity contribution in [2.45, 2.75) is 18.4 Å². The van der Waals surface area contributed by atoms with Crippen molar-refractivity contribution >= 4 is 16.5 Å². The standard InChI is InChI=1S/C6H9N3OS/c10-3-6(1-2-6)8-5-9-7-4-11-5/h4,10H,1-3H2,(H,8,9). The SMILES string of the molecule is OCC1(Nc2nncs2)CC1. The van der Waals surface area contributed by atoms with Crippen molar-refractivity contribution in [3.8, 4) is 0 Å². The summed E-state index contributed by atoms with van der Waals surface area (Å²) in [4.78, 5) is 0. The molecule has 11 heavy (non-hydrogen) atoms. The summed E-state index contributed by atoms with van der Waals surface area (Å²) in [6.45, 7) is 0.187. The molecule has 60 valence electrons. The molecule has 5 heteroatoms. The van der Waals surface area contributed by atoms with E-state index in [9.17, 15) is 0 Å². The van der Waals surface area contributed by atoms with Crippen molar-refractivity contribution in [1.29, 1.82) is 0 Å². The Kier molecular flexibility index (Phi) is 1.54. The molecule has 4 nitrogen and oxygen atoms in total. The molecule has 0 unspecified atom stereocenters. The molecule has 2 rings (SSSR count). The summed E-state index contributed by atoms with van der Waals surface area (Å²) in [5.41, 5.74) is 1.61. The van der Waals surface area contributed by atoms with Crippen LogP contribution in [0.25, 0.3) is 0 Å². The predicted octanol–water partition coefficient (Wildman–Crippen LogP) is 0.475. The lowest BCUT2D eigenvalue weighted by Crippen LogP contribution is -2.25. The summed E-state index contributed by atoms with van der Waals surface area (Å²) < 4.78 is 0. The van der Waals surface area contributed by atoms with Gasteiger partial charge < -0.3 is 10.4 Å². The number of anilines is 1. The highest BCUT2D eigenvalue weighted by Gasteiger charge is 2.42. The molecule has 1 heterocycles. The molecule has 0 aromatic carbocycles. The molecule has 1 aromatic rings. The topological polar surface area (TPSA) is 58.0 Å². The van der Waals surface area contributed by atoms with E-state index in [0.717, 1.165) is 18.0 Å². The van der Waals surface area contributed by atoms with Crippen molar-refractivity contribution in [3.63, 3.8) is 0 Å². The number of nitrogens with one attached hydrogen (secondary N) is 1. The fourth-order valence-corrected chi connectivity index (χ4v) is 1.49. The molecule has 0 aliphatic heterocycles. The second-order valence-corrected chi connectivity index (χ2v) is 3.64. The van der Waals surface area contributed by atoms with E-state index in [1.807, 2.05) is 0 Å². The van der Waals surface area contributed by atoms with E-state index < -0.39 is 0 Å². The van der Waals surface area contributed by atoms with Gasteiger partial charge >= 0.3 is 0 Å². The molecule has 1 saturated carbocycles. The van der Waals surface area contributed by atoms with Gasteiger partial charge in [-0.15, -0.1) is 10.2 Å². The first kappa shape index (κ1) is 7.00. The second kappa shape index (κ2) is 2.42. The Balaban J connectivity index is 2.01. The molecular formula is C6H9N3OS. The molecular weight excluding hydrogens is 162 g/mol. The van der Waals surface area contributed by atoms with Crippen molar-refractivity contribution < 1.29 is 5.11 Å². The van der Waals surface area contributed by atoms with E-state index in [1.54, 1.807) is 5.51 Å². The summed E-state index contributed by atoms with van der Waals surface area (Å²) in [6, 6.07) is 0. The maximum atomic E-state index is 8.95. The number of nitrogens with zero attached hydrogens (tertiary/aromatic N) is 2. The molecule has 1 aromatic heterocycles. The molecule has 1 aliphatic carbocycles. The number of hydrogen-bond donors (Lipinski definition) is 2. The minimum atomic E-state index is -0.0699. The zero-order valence-corrected chi connectivity index (χ0v) is 6.77. The number of aliphatic hydroxyl groups excluding tert-OH is 1. The van der Waals surface area contributed by atoms with Crippen LogP contribution in [0.1, 0.15) is 12.8 Å². The highest BCUT2D eigenvalue weighted by atomic mass is 32.1. The minimum absolute atomic E-state index is 0.0699. The Morgan fingerprint density at radius 1 is 1.73 bits per heavy atom. The summed E-state index contributed by atoms with van der Waals surface area (Å²) in [5, 5.41) is 20.4. The average Bonchev–Trinajstić information content (AvgIpc) is 2.59. The zero-order chi connectivity index (χ0) is 7.73. The van der Waals surface area contributed by atoms with E-state index in [-0.39, 0.29) is 12.1 Å². The van der Waals surface area contributed by atoms with Gasteiger partial charge in [-0.2, -0.15) is 0 Å². The van der Waals surface area contributed by atoms with E-state index >= 15 is 0 Å². The Labute approximate surface area is 68.3 Å². The van der Waals surface area contributed by atoms with Gasteiger partial charge in [0.2, 0.25) is 5.13 Å². The fourth-order valence-electron chi connectivity index (χ4n) is 0.928. The first-order valence-electron chi connectivity index (χ1n) is 3.50. The zero-order valence-electron chi connectivity index (χ0n) is 5.95. The number of rotatable bonds is 3. The van der Waals surface area contributed by atoms with Crippen molar-refractivity contribution in [3.05, 3.63) is 5.51 Å². The van der Waals surface area contributed by atoms with Gasteiger partial charge in [0, 0.05) is 0 Å². The summed E-state index contributed by atoms with van der Waals surface area (Å²) in [7, 11) is 0. The van der Waals surface area contributed by atoms with Crippen LogP contribution in [0, 0.1) is 0 Å². The van der Waals surface area contributed by atoms with Crippen LogP contribution in [0.4, 0.5) is 5.13 Å². The first-order valence-corrected chi connectivity index (χ1v) is 4.38. The van der Waals surface area contributed by atoms with Crippen molar-refractivity contribution in [2.75, 3.05) is 11.9 Å². The van der Waals surface area contributed by atoms with E-state index in [1.165, 1.54) is 11.3 Å². The van der Waals surface area contributed by atoms with E-state index in [2.05, 4.69) is 15.5 Å². The third-order valence-corrected chi connectivity index (χ3v) is 2.50. The van der Waals surface area contributed by atoms with Crippen LogP contribution in [-0.4, -0.2) is 27.4 Å². The van der Waals surface area contributed by atoms with Gasteiger partial charge in [0.05, 0.1) is 12.1 Å². The summed E-state index contributed by atoms with van der Waals surface area (Å²) >= 11 is 1.46. The molecule has 0 spiro atoms. The second-order valence-electron chi connectivity index (χ2n) is 2.81. The average molecular weight is 171 g/mol. The van der Waals surface area contributed by atoms with E-state index in [0.29, 0.717) is 0 Å². The Hall–Kier alpha value is -0.680. The van der Waals surface area contributed by atoms with Gasteiger partial charge in [-0.1, -0.05) is 11.3 Å². The molecule has 1 fully saturated rings. The monoisotopic (exact) mass is 171 g/mol. The lowest BCUT2D eigenvalue weighted by Gasteiger charge is -2.11. The maximum absolute atomic E-state index is 8.95. The van der Waals surface area contributed by atoms with Gasteiger partial charge in [-0.3, -0.25) is 0 Å². The van der Waals surface area contributed by atoms with Crippen LogP contribution in [0.3, 0.4) is 0 Å². The third-order valence-electron chi connectivity index (χ3n) is 1.89. The van der Waals surface area contributed by atoms with Crippen LogP contribution in [0.2, 0.25) is 0 Å².